The number of carbonyl (C=O) groups is 1. The molecule has 0 spiro atoms. The molecule has 62 valence electrons. The van der Waals surface area contributed by atoms with E-state index in [4.69, 9.17) is 4.74 Å². The first-order valence-corrected chi connectivity index (χ1v) is 3.53. The van der Waals surface area contributed by atoms with Gasteiger partial charge in [0.05, 0.1) is 7.11 Å². The number of rotatable bonds is 1. The van der Waals surface area contributed by atoms with E-state index < -0.39 is 5.97 Å². The number of aliphatic imine (C=N–C) groups is 1. The highest BCUT2D eigenvalue weighted by Gasteiger charge is 2.26. The molecule has 0 bridgehead atoms. The molecule has 0 aromatic carbocycles. The van der Waals surface area contributed by atoms with Crippen LogP contribution in [-0.4, -0.2) is 25.9 Å². The highest BCUT2D eigenvalue weighted by atomic mass is 16.5. The summed E-state index contributed by atoms with van der Waals surface area (Å²) in [5, 5.41) is 0. The molecule has 0 unspecified atom stereocenters. The van der Waals surface area contributed by atoms with Crippen molar-refractivity contribution in [2.75, 3.05) is 13.7 Å². The number of ether oxygens (including phenoxy) is 2. The van der Waals surface area contributed by atoms with Crippen LogP contribution in [0, 0.1) is 0 Å². The third kappa shape index (κ3) is 0.845. The van der Waals surface area contributed by atoms with Crippen LogP contribution >= 0.6 is 0 Å². The second kappa shape index (κ2) is 2.48. The van der Waals surface area contributed by atoms with E-state index in [-0.39, 0.29) is 5.70 Å². The molecule has 0 atom stereocenters. The summed E-state index contributed by atoms with van der Waals surface area (Å²) in [4.78, 5) is 14.9. The maximum atomic E-state index is 11.1. The Morgan fingerprint density at radius 3 is 3.33 bits per heavy atom. The minimum Gasteiger partial charge on any atom is -0.486 e. The van der Waals surface area contributed by atoms with Gasteiger partial charge in [0.1, 0.15) is 6.61 Å². The van der Waals surface area contributed by atoms with Crippen LogP contribution in [0.15, 0.2) is 28.1 Å². The van der Waals surface area contributed by atoms with Crippen LogP contribution in [0.1, 0.15) is 0 Å². The summed E-state index contributed by atoms with van der Waals surface area (Å²) in [6, 6.07) is 0. The van der Waals surface area contributed by atoms with Crippen LogP contribution in [-0.2, 0) is 14.3 Å². The summed E-state index contributed by atoms with van der Waals surface area (Å²) in [7, 11) is 1.32. The van der Waals surface area contributed by atoms with Gasteiger partial charge in [0.25, 0.3) is 0 Å². The van der Waals surface area contributed by atoms with E-state index in [1.165, 1.54) is 7.11 Å². The Labute approximate surface area is 69.2 Å². The molecule has 0 aromatic rings. The SMILES string of the molecule is COC(=O)C1=C2OCC=C2C=N1. The lowest BCUT2D eigenvalue weighted by molar-refractivity contribution is -0.136. The fraction of sp³-hybridized carbons (Fsp3) is 0.250. The van der Waals surface area contributed by atoms with Gasteiger partial charge < -0.3 is 9.47 Å². The lowest BCUT2D eigenvalue weighted by Crippen LogP contribution is -2.04. The van der Waals surface area contributed by atoms with Crippen molar-refractivity contribution < 1.29 is 14.3 Å². The van der Waals surface area contributed by atoms with E-state index in [0.29, 0.717) is 12.4 Å². The van der Waals surface area contributed by atoms with Crippen molar-refractivity contribution in [3.05, 3.63) is 23.1 Å². The fourth-order valence-corrected chi connectivity index (χ4v) is 1.14. The second-order valence-corrected chi connectivity index (χ2v) is 2.40. The molecule has 0 aromatic heterocycles. The van der Waals surface area contributed by atoms with Crippen molar-refractivity contribution in [1.29, 1.82) is 0 Å². The first-order valence-electron chi connectivity index (χ1n) is 3.53. The molecule has 4 heteroatoms. The van der Waals surface area contributed by atoms with E-state index >= 15 is 0 Å². The molecule has 0 amide bonds. The zero-order valence-electron chi connectivity index (χ0n) is 6.53. The molecule has 2 aliphatic heterocycles. The van der Waals surface area contributed by atoms with Crippen LogP contribution in [0.25, 0.3) is 0 Å². The Bertz CT molecular complexity index is 325. The Morgan fingerprint density at radius 2 is 2.58 bits per heavy atom. The second-order valence-electron chi connectivity index (χ2n) is 2.40. The molecule has 2 aliphatic rings. The monoisotopic (exact) mass is 165 g/mol. The fourth-order valence-electron chi connectivity index (χ4n) is 1.14. The van der Waals surface area contributed by atoms with E-state index in [0.717, 1.165) is 5.57 Å². The maximum absolute atomic E-state index is 11.1. The van der Waals surface area contributed by atoms with Gasteiger partial charge in [-0.1, -0.05) is 0 Å². The molecule has 12 heavy (non-hydrogen) atoms. The smallest absolute Gasteiger partial charge is 0.360 e. The molecule has 0 saturated heterocycles. The van der Waals surface area contributed by atoms with E-state index in [1.807, 2.05) is 6.08 Å². The van der Waals surface area contributed by atoms with E-state index in [2.05, 4.69) is 9.73 Å². The average molecular weight is 165 g/mol. The van der Waals surface area contributed by atoms with Gasteiger partial charge in [-0.2, -0.15) is 0 Å². The predicted octanol–water partition coefficient (Wildman–Crippen LogP) is 0.412. The van der Waals surface area contributed by atoms with Crippen LogP contribution in [0.2, 0.25) is 0 Å². The summed E-state index contributed by atoms with van der Waals surface area (Å²) < 4.78 is 9.70. The molecular formula is C8H7NO3. The number of methoxy groups -OCH3 is 1. The highest BCUT2D eigenvalue weighted by Crippen LogP contribution is 2.27. The summed E-state index contributed by atoms with van der Waals surface area (Å²) >= 11 is 0. The van der Waals surface area contributed by atoms with Gasteiger partial charge in [0.2, 0.25) is 0 Å². The third-order valence-corrected chi connectivity index (χ3v) is 1.72. The Hall–Kier alpha value is -1.58. The maximum Gasteiger partial charge on any atom is 0.360 e. The van der Waals surface area contributed by atoms with Crippen molar-refractivity contribution in [1.82, 2.24) is 0 Å². The number of carbonyl (C=O) groups excluding carboxylic acids is 1. The number of allylic oxidation sites excluding steroid dienone is 1. The number of esters is 1. The van der Waals surface area contributed by atoms with Crippen molar-refractivity contribution in [2.45, 2.75) is 0 Å². The van der Waals surface area contributed by atoms with Crippen LogP contribution in [0.3, 0.4) is 0 Å². The Kier molecular flexibility index (Phi) is 1.46. The normalized spacial score (nSPS) is 18.9. The van der Waals surface area contributed by atoms with Gasteiger partial charge >= 0.3 is 5.97 Å². The molecule has 0 saturated carbocycles. The summed E-state index contributed by atoms with van der Waals surface area (Å²) in [6.07, 6.45) is 3.48. The Balaban J connectivity index is 2.38. The lowest BCUT2D eigenvalue weighted by Gasteiger charge is -2.00. The summed E-state index contributed by atoms with van der Waals surface area (Å²) in [5.41, 5.74) is 1.14. The first-order chi connectivity index (χ1) is 5.83. The van der Waals surface area contributed by atoms with Crippen LogP contribution in [0.5, 0.6) is 0 Å². The van der Waals surface area contributed by atoms with Gasteiger partial charge in [0.15, 0.2) is 11.5 Å². The van der Waals surface area contributed by atoms with Crippen LogP contribution in [0.4, 0.5) is 0 Å². The van der Waals surface area contributed by atoms with Gasteiger partial charge in [0, 0.05) is 11.8 Å². The van der Waals surface area contributed by atoms with Crippen molar-refractivity contribution in [3.63, 3.8) is 0 Å². The zero-order chi connectivity index (χ0) is 8.55. The number of nitrogens with zero attached hydrogens (tertiary/aromatic N) is 1. The largest absolute Gasteiger partial charge is 0.486 e. The Morgan fingerprint density at radius 1 is 1.75 bits per heavy atom. The standard InChI is InChI=1S/C8H7NO3/c1-11-8(10)6-7-5(4-9-6)2-3-12-7/h2,4H,3H2,1H3. The number of hydrogen-bond acceptors (Lipinski definition) is 4. The average Bonchev–Trinajstić information content (AvgIpc) is 2.62. The van der Waals surface area contributed by atoms with Gasteiger partial charge in [-0.3, -0.25) is 0 Å². The topological polar surface area (TPSA) is 47.9 Å². The molecule has 2 heterocycles. The molecule has 2 rings (SSSR count). The molecule has 0 N–H and O–H groups in total. The van der Waals surface area contributed by atoms with Crippen molar-refractivity contribution in [3.8, 4) is 0 Å². The first kappa shape index (κ1) is 7.09. The third-order valence-electron chi connectivity index (χ3n) is 1.72. The number of hydrogen-bond donors (Lipinski definition) is 0. The van der Waals surface area contributed by atoms with E-state index in [1.54, 1.807) is 6.21 Å². The molecule has 0 fully saturated rings. The molecule has 0 aliphatic carbocycles. The summed E-state index contributed by atoms with van der Waals surface area (Å²) in [5.74, 6) is 0.0911. The number of fused-ring (bicyclic) bond motifs is 1. The van der Waals surface area contributed by atoms with Crippen LogP contribution < -0.4 is 0 Å². The zero-order valence-corrected chi connectivity index (χ0v) is 6.53. The summed E-state index contributed by atoms with van der Waals surface area (Å²) in [6.45, 7) is 0.511. The molecular weight excluding hydrogens is 158 g/mol. The highest BCUT2D eigenvalue weighted by molar-refractivity contribution is 6.00. The molecule has 4 nitrogen and oxygen atoms in total. The van der Waals surface area contributed by atoms with Gasteiger partial charge in [-0.25, -0.2) is 9.79 Å². The lowest BCUT2D eigenvalue weighted by atomic mass is 10.2. The van der Waals surface area contributed by atoms with Gasteiger partial charge in [-0.05, 0) is 6.08 Å². The molecule has 0 radical (unpaired) electrons. The van der Waals surface area contributed by atoms with E-state index in [9.17, 15) is 4.79 Å². The van der Waals surface area contributed by atoms with Gasteiger partial charge in [-0.15, -0.1) is 0 Å². The quantitative estimate of drug-likeness (QED) is 0.529. The van der Waals surface area contributed by atoms with Crippen molar-refractivity contribution in [2.24, 2.45) is 4.99 Å². The minimum absolute atomic E-state index is 0.265. The minimum atomic E-state index is -0.452. The van der Waals surface area contributed by atoms with Crippen molar-refractivity contribution >= 4 is 12.2 Å². The predicted molar refractivity (Wildman–Crippen MR) is 41.6 cm³/mol.